The molecule has 1 aromatic carbocycles. The van der Waals surface area contributed by atoms with Gasteiger partial charge < -0.3 is 29.4 Å². The highest BCUT2D eigenvalue weighted by molar-refractivity contribution is 7.98. The van der Waals surface area contributed by atoms with Gasteiger partial charge in [-0.15, -0.1) is 11.8 Å². The van der Waals surface area contributed by atoms with Gasteiger partial charge in [-0.3, -0.25) is 14.5 Å². The number of anilines is 1. The van der Waals surface area contributed by atoms with Crippen LogP contribution in [-0.2, 0) is 11.3 Å². The maximum absolute atomic E-state index is 14.0. The Morgan fingerprint density at radius 2 is 1.72 bits per heavy atom. The molecular weight excluding hydrogens is 720 g/mol. The molecule has 5 heterocycles. The van der Waals surface area contributed by atoms with Gasteiger partial charge in [0.25, 0.3) is 17.3 Å². The number of thioether (sulfide) groups is 1. The molecule has 1 unspecified atom stereocenters. The molecule has 0 bridgehead atoms. The summed E-state index contributed by atoms with van der Waals surface area (Å²) in [4.78, 5) is 39.7. The van der Waals surface area contributed by atoms with Crippen molar-refractivity contribution in [2.75, 3.05) is 37.3 Å². The zero-order valence-corrected chi connectivity index (χ0v) is 32.6. The number of aromatic amines is 1. The number of hydrogen-bond donors (Lipinski definition) is 2. The van der Waals surface area contributed by atoms with Gasteiger partial charge in [0.2, 0.25) is 0 Å². The van der Waals surface area contributed by atoms with E-state index in [2.05, 4.69) is 33.9 Å². The minimum Gasteiger partial charge on any atom is -0.448 e. The van der Waals surface area contributed by atoms with Crippen LogP contribution in [0, 0.1) is 25.7 Å². The minimum atomic E-state index is -4.12. The highest BCUT2D eigenvalue weighted by atomic mass is 32.2. The lowest BCUT2D eigenvalue weighted by Gasteiger charge is -2.48. The third-order valence-electron chi connectivity index (χ3n) is 11.5. The van der Waals surface area contributed by atoms with Gasteiger partial charge in [0, 0.05) is 103 Å². The van der Waals surface area contributed by atoms with Gasteiger partial charge >= 0.3 is 6.18 Å². The van der Waals surface area contributed by atoms with Crippen LogP contribution in [0.4, 0.5) is 19.0 Å². The number of carbonyl (C=O) groups is 1. The van der Waals surface area contributed by atoms with Crippen LogP contribution in [-0.4, -0.2) is 83.4 Å². The Balaban J connectivity index is 1.14. The normalized spacial score (nSPS) is 26.1. The number of amides is 1. The summed E-state index contributed by atoms with van der Waals surface area (Å²) in [6.45, 7) is 12.2. The van der Waals surface area contributed by atoms with E-state index in [1.807, 2.05) is 51.3 Å². The molecule has 1 amide bonds. The SMILES string of the molecule is CSc1cc(C)[nH]c(=O)c1CNC(=O)c1cc(-c2ccc(N3C[C@@H](C)O[C@@H](C)C3)nc2)c2c(c1C)OC(C)([C@H]1CC[C@H](N3CC(CC(F)(F)F)C3)CC1)O2. The third kappa shape index (κ3) is 7.97. The zero-order chi connectivity index (χ0) is 38.5. The summed E-state index contributed by atoms with van der Waals surface area (Å²) in [5.74, 6) is 0.236. The number of carbonyl (C=O) groups excluding carboxylic acids is 1. The summed E-state index contributed by atoms with van der Waals surface area (Å²) in [6, 6.07) is 7.93. The maximum atomic E-state index is 14.0. The Morgan fingerprint density at radius 3 is 2.35 bits per heavy atom. The number of benzene rings is 1. The Bertz CT molecular complexity index is 1920. The highest BCUT2D eigenvalue weighted by Gasteiger charge is 2.49. The van der Waals surface area contributed by atoms with Crippen LogP contribution < -0.4 is 25.2 Å². The minimum absolute atomic E-state index is 0.0296. The number of nitrogens with zero attached hydrogens (tertiary/aromatic N) is 3. The fraction of sp³-hybridized carbons (Fsp3) is 0.575. The van der Waals surface area contributed by atoms with Gasteiger partial charge in [0.1, 0.15) is 5.82 Å². The van der Waals surface area contributed by atoms with Gasteiger partial charge in [0.05, 0.1) is 12.2 Å². The van der Waals surface area contributed by atoms with Crippen molar-refractivity contribution in [3.63, 3.8) is 0 Å². The second-order valence-electron chi connectivity index (χ2n) is 15.7. The molecule has 3 aliphatic heterocycles. The third-order valence-corrected chi connectivity index (χ3v) is 12.3. The van der Waals surface area contributed by atoms with E-state index in [1.165, 1.54) is 11.8 Å². The number of pyridine rings is 2. The molecule has 54 heavy (non-hydrogen) atoms. The van der Waals surface area contributed by atoms with E-state index in [-0.39, 0.29) is 48.1 Å². The Hall–Kier alpha value is -3.75. The summed E-state index contributed by atoms with van der Waals surface area (Å²) in [5, 5.41) is 2.98. The number of aromatic nitrogens is 2. The summed E-state index contributed by atoms with van der Waals surface area (Å²) in [6.07, 6.45) is 2.31. The molecule has 292 valence electrons. The molecule has 3 fully saturated rings. The van der Waals surface area contributed by atoms with Gasteiger partial charge in [-0.1, -0.05) is 0 Å². The Morgan fingerprint density at radius 1 is 1.04 bits per heavy atom. The molecule has 3 aromatic rings. The lowest BCUT2D eigenvalue weighted by molar-refractivity contribution is -0.161. The van der Waals surface area contributed by atoms with E-state index in [9.17, 15) is 22.8 Å². The monoisotopic (exact) mass is 769 g/mol. The average Bonchev–Trinajstić information content (AvgIpc) is 3.47. The van der Waals surface area contributed by atoms with E-state index in [0.29, 0.717) is 46.8 Å². The van der Waals surface area contributed by atoms with Crippen molar-refractivity contribution in [2.45, 2.75) is 108 Å². The first-order valence-electron chi connectivity index (χ1n) is 18.9. The molecule has 7 rings (SSSR count). The van der Waals surface area contributed by atoms with Crippen molar-refractivity contribution in [3.8, 4) is 22.6 Å². The predicted molar refractivity (Wildman–Crippen MR) is 203 cm³/mol. The van der Waals surface area contributed by atoms with Crippen LogP contribution in [0.1, 0.15) is 80.1 Å². The van der Waals surface area contributed by atoms with E-state index in [0.717, 1.165) is 60.7 Å². The number of likely N-dealkylation sites (tertiary alicyclic amines) is 1. The second kappa shape index (κ2) is 15.1. The molecule has 1 saturated carbocycles. The van der Waals surface area contributed by atoms with Crippen LogP contribution in [0.3, 0.4) is 0 Å². The van der Waals surface area contributed by atoms with Crippen molar-refractivity contribution in [2.24, 2.45) is 11.8 Å². The quantitative estimate of drug-likeness (QED) is 0.218. The Labute approximate surface area is 318 Å². The first kappa shape index (κ1) is 38.5. The molecule has 1 aliphatic carbocycles. The van der Waals surface area contributed by atoms with Crippen LogP contribution in [0.2, 0.25) is 0 Å². The molecule has 2 aromatic heterocycles. The number of H-pyrrole nitrogens is 1. The summed E-state index contributed by atoms with van der Waals surface area (Å²) >= 11 is 1.45. The van der Waals surface area contributed by atoms with Crippen LogP contribution in [0.15, 0.2) is 40.2 Å². The fourth-order valence-corrected chi connectivity index (χ4v) is 9.43. The average molecular weight is 770 g/mol. The molecular formula is C40H50F3N5O5S. The van der Waals surface area contributed by atoms with Crippen molar-refractivity contribution >= 4 is 23.5 Å². The molecule has 14 heteroatoms. The number of fused-ring (bicyclic) bond motifs is 1. The predicted octanol–water partition coefficient (Wildman–Crippen LogP) is 7.25. The van der Waals surface area contributed by atoms with Crippen molar-refractivity contribution in [3.05, 3.63) is 63.2 Å². The van der Waals surface area contributed by atoms with Crippen LogP contribution in [0.5, 0.6) is 11.5 Å². The van der Waals surface area contributed by atoms with Gasteiger partial charge in [0.15, 0.2) is 11.5 Å². The molecule has 3 atom stereocenters. The standard InChI is InChI=1S/C40H50F3N5O5S/c1-22-13-33(54-6)32(38(50)46-22)17-45-37(49)30-14-31(27-7-12-34(44-16-27)48-18-23(2)51-24(3)19-48)36-35(25(30)4)52-39(5,53-36)28-8-10-29(11-9-28)47-20-26(21-47)15-40(41,42)43/h7,12-14,16,23-24,26,28-29H,8-11,15,17-21H2,1-6H3,(H,45,49)(H,46,50)/t23-,24+,28-,29-,39?. The zero-order valence-electron chi connectivity index (χ0n) is 31.8. The fourth-order valence-electron chi connectivity index (χ4n) is 8.73. The Kier molecular flexibility index (Phi) is 10.7. The van der Waals surface area contributed by atoms with Gasteiger partial charge in [-0.25, -0.2) is 4.98 Å². The topological polar surface area (TPSA) is 109 Å². The molecule has 0 spiro atoms. The number of aryl methyl sites for hydroxylation is 1. The number of morpholine rings is 1. The highest BCUT2D eigenvalue weighted by Crippen LogP contribution is 2.53. The van der Waals surface area contributed by atoms with Crippen molar-refractivity contribution in [1.29, 1.82) is 0 Å². The summed E-state index contributed by atoms with van der Waals surface area (Å²) in [5.41, 5.74) is 3.47. The number of rotatable bonds is 9. The molecule has 10 nitrogen and oxygen atoms in total. The summed E-state index contributed by atoms with van der Waals surface area (Å²) < 4.78 is 58.2. The molecule has 4 aliphatic rings. The number of hydrogen-bond acceptors (Lipinski definition) is 9. The smallest absolute Gasteiger partial charge is 0.389 e. The second-order valence-corrected chi connectivity index (χ2v) is 16.5. The van der Waals surface area contributed by atoms with E-state index < -0.39 is 18.4 Å². The van der Waals surface area contributed by atoms with Crippen molar-refractivity contribution < 1.29 is 32.2 Å². The first-order chi connectivity index (χ1) is 25.6. The first-order valence-corrected chi connectivity index (χ1v) is 20.1. The molecule has 2 saturated heterocycles. The van der Waals surface area contributed by atoms with E-state index in [4.69, 9.17) is 19.2 Å². The van der Waals surface area contributed by atoms with Crippen molar-refractivity contribution in [1.82, 2.24) is 20.2 Å². The largest absolute Gasteiger partial charge is 0.448 e. The number of nitrogens with one attached hydrogen (secondary N) is 2. The van der Waals surface area contributed by atoms with Gasteiger partial charge in [-0.2, -0.15) is 13.2 Å². The maximum Gasteiger partial charge on any atom is 0.389 e. The molecule has 2 N–H and O–H groups in total. The van der Waals surface area contributed by atoms with Crippen LogP contribution >= 0.6 is 11.8 Å². The van der Waals surface area contributed by atoms with Gasteiger partial charge in [-0.05, 0) is 89.8 Å². The van der Waals surface area contributed by atoms with E-state index >= 15 is 0 Å². The summed E-state index contributed by atoms with van der Waals surface area (Å²) in [7, 11) is 0. The number of ether oxygens (including phenoxy) is 3. The number of alkyl halides is 3. The van der Waals surface area contributed by atoms with E-state index in [1.54, 1.807) is 6.20 Å². The molecule has 0 radical (unpaired) electrons. The van der Waals surface area contributed by atoms with Crippen LogP contribution in [0.25, 0.3) is 11.1 Å². The number of halogens is 3. The lowest BCUT2D eigenvalue weighted by atomic mass is 9.79. The lowest BCUT2D eigenvalue weighted by Crippen LogP contribution is -2.55.